The zero-order valence-corrected chi connectivity index (χ0v) is 23.2. The lowest BCUT2D eigenvalue weighted by Gasteiger charge is -2.39. The first-order valence-electron chi connectivity index (χ1n) is 13.6. The summed E-state index contributed by atoms with van der Waals surface area (Å²) >= 11 is 6.83. The lowest BCUT2D eigenvalue weighted by molar-refractivity contribution is -0.340. The summed E-state index contributed by atoms with van der Waals surface area (Å²) in [4.78, 5) is 22.9. The number of amidine groups is 1. The quantitative estimate of drug-likeness (QED) is 0.536. The second kappa shape index (κ2) is 10.3. The minimum atomic E-state index is -0.745. The number of nitrogens with one attached hydrogen (secondary N) is 1. The molecule has 2 aromatic rings. The molecule has 0 bridgehead atoms. The SMILES string of the molecule is C[C@@H]1CN(C2=NC(=O)[N+]3=C(CC4CCN(C)CC4)COc4c(-c5ccc(F)cc5F)c(Cl)cc2c43)[C@@H](C)CN1. The van der Waals surface area contributed by atoms with E-state index in [9.17, 15) is 9.18 Å². The summed E-state index contributed by atoms with van der Waals surface area (Å²) in [5.41, 5.74) is 2.51. The van der Waals surface area contributed by atoms with Crippen molar-refractivity contribution in [3.05, 3.63) is 46.5 Å². The molecule has 2 fully saturated rings. The van der Waals surface area contributed by atoms with E-state index < -0.39 is 11.6 Å². The van der Waals surface area contributed by atoms with E-state index in [0.717, 1.165) is 44.3 Å². The summed E-state index contributed by atoms with van der Waals surface area (Å²) in [5.74, 6) is -0.123. The van der Waals surface area contributed by atoms with Crippen LogP contribution in [-0.4, -0.2) is 83.9 Å². The lowest BCUT2D eigenvalue weighted by Crippen LogP contribution is -2.57. The molecule has 0 saturated carbocycles. The Morgan fingerprint density at radius 1 is 1.18 bits per heavy atom. The second-order valence-electron chi connectivity index (χ2n) is 11.3. The maximum absolute atomic E-state index is 15.1. The highest BCUT2D eigenvalue weighted by atomic mass is 35.5. The minimum Gasteiger partial charge on any atom is -0.480 e. The summed E-state index contributed by atoms with van der Waals surface area (Å²) < 4.78 is 36.8. The fourth-order valence-electron chi connectivity index (χ4n) is 6.19. The number of urea groups is 1. The molecule has 6 rings (SSSR count). The third-order valence-corrected chi connectivity index (χ3v) is 8.66. The number of carbonyl (C=O) groups is 1. The van der Waals surface area contributed by atoms with Crippen molar-refractivity contribution in [3.8, 4) is 16.9 Å². The van der Waals surface area contributed by atoms with Gasteiger partial charge in [0.15, 0.2) is 11.4 Å². The summed E-state index contributed by atoms with van der Waals surface area (Å²) in [6.45, 7) is 7.79. The van der Waals surface area contributed by atoms with E-state index in [-0.39, 0.29) is 35.3 Å². The Morgan fingerprint density at radius 2 is 1.95 bits per heavy atom. The molecule has 0 spiro atoms. The van der Waals surface area contributed by atoms with Gasteiger partial charge in [-0.05, 0) is 70.9 Å². The van der Waals surface area contributed by atoms with E-state index in [2.05, 4.69) is 41.0 Å². The number of ether oxygens (including phenoxy) is 1. The number of carbonyl (C=O) groups excluding carboxylic acids is 1. The first-order valence-corrected chi connectivity index (χ1v) is 14.0. The smallest absolute Gasteiger partial charge is 0.480 e. The van der Waals surface area contributed by atoms with Gasteiger partial charge in [-0.3, -0.25) is 0 Å². The van der Waals surface area contributed by atoms with E-state index in [1.807, 2.05) is 0 Å². The van der Waals surface area contributed by atoms with Gasteiger partial charge in [0, 0.05) is 53.8 Å². The number of aliphatic imine (C=N–C) groups is 1. The fraction of sp³-hybridized carbons (Fsp3) is 0.483. The van der Waals surface area contributed by atoms with Gasteiger partial charge < -0.3 is 19.9 Å². The van der Waals surface area contributed by atoms with E-state index >= 15 is 4.39 Å². The van der Waals surface area contributed by atoms with Crippen LogP contribution < -0.4 is 10.1 Å². The van der Waals surface area contributed by atoms with Crippen molar-refractivity contribution in [2.45, 2.75) is 45.2 Å². The second-order valence-corrected chi connectivity index (χ2v) is 11.7. The van der Waals surface area contributed by atoms with Crippen LogP contribution in [0, 0.1) is 17.6 Å². The third kappa shape index (κ3) is 4.74. The molecule has 4 heterocycles. The van der Waals surface area contributed by atoms with Crippen molar-refractivity contribution in [3.63, 3.8) is 0 Å². The van der Waals surface area contributed by atoms with E-state index in [1.165, 1.54) is 12.1 Å². The standard InChI is InChI=1S/C29H33ClF2N5O2/c1-16-14-36(17(2)13-33-16)28-22-12-23(30)25(21-5-4-19(31)11-24(21)32)27-26(22)37(29(38)34-28)20(15-39-27)10-18-6-8-35(3)9-7-18/h4-5,11-12,16-18,33H,6-10,13-15H2,1-3H3/q+1/t16-,17+/m1/s1. The van der Waals surface area contributed by atoms with Gasteiger partial charge in [-0.15, -0.1) is 0 Å². The molecule has 1 N–H and O–H groups in total. The highest BCUT2D eigenvalue weighted by molar-refractivity contribution is 6.35. The topological polar surface area (TPSA) is 60.2 Å². The van der Waals surface area contributed by atoms with Crippen molar-refractivity contribution in [2.75, 3.05) is 39.8 Å². The Morgan fingerprint density at radius 3 is 2.69 bits per heavy atom. The van der Waals surface area contributed by atoms with Crippen molar-refractivity contribution in [1.29, 1.82) is 0 Å². The van der Waals surface area contributed by atoms with Crippen molar-refractivity contribution in [1.82, 2.24) is 15.1 Å². The highest BCUT2D eigenvalue weighted by Gasteiger charge is 2.45. The van der Waals surface area contributed by atoms with Crippen LogP contribution in [0.5, 0.6) is 5.75 Å². The predicted molar refractivity (Wildman–Crippen MR) is 148 cm³/mol. The van der Waals surface area contributed by atoms with Gasteiger partial charge in [-0.2, -0.15) is 9.37 Å². The summed E-state index contributed by atoms with van der Waals surface area (Å²) in [7, 11) is 2.12. The first kappa shape index (κ1) is 26.3. The number of amides is 2. The normalized spacial score (nSPS) is 24.0. The number of piperidine rings is 1. The molecule has 2 atom stereocenters. The molecule has 4 aliphatic rings. The van der Waals surface area contributed by atoms with Crippen molar-refractivity contribution < 1.29 is 22.9 Å². The zero-order chi connectivity index (χ0) is 27.4. The Bertz CT molecular complexity index is 1400. The van der Waals surface area contributed by atoms with Gasteiger partial charge in [0.2, 0.25) is 0 Å². The maximum atomic E-state index is 15.1. The van der Waals surface area contributed by atoms with Crippen molar-refractivity contribution >= 4 is 34.9 Å². The highest BCUT2D eigenvalue weighted by Crippen LogP contribution is 2.49. The number of hydrogen-bond acceptors (Lipinski definition) is 5. The van der Waals surface area contributed by atoms with Crippen LogP contribution in [0.15, 0.2) is 29.3 Å². The molecule has 39 heavy (non-hydrogen) atoms. The summed E-state index contributed by atoms with van der Waals surface area (Å²) in [5, 5.41) is 3.72. The Labute approximate surface area is 232 Å². The molecular formula is C29H33ClF2N5O2+. The predicted octanol–water partition coefficient (Wildman–Crippen LogP) is 5.06. The summed E-state index contributed by atoms with van der Waals surface area (Å²) in [6.07, 6.45) is 2.80. The number of benzene rings is 2. The molecule has 0 unspecified atom stereocenters. The van der Waals surface area contributed by atoms with Gasteiger partial charge in [-0.1, -0.05) is 11.6 Å². The van der Waals surface area contributed by atoms with Crippen LogP contribution in [0.3, 0.4) is 0 Å². The number of piperazine rings is 1. The van der Waals surface area contributed by atoms with Crippen LogP contribution in [0.25, 0.3) is 11.1 Å². The molecule has 2 aromatic carbocycles. The first-order chi connectivity index (χ1) is 18.7. The van der Waals surface area contributed by atoms with E-state index in [4.69, 9.17) is 16.3 Å². The van der Waals surface area contributed by atoms with Crippen LogP contribution in [0.4, 0.5) is 19.3 Å². The van der Waals surface area contributed by atoms with Crippen LogP contribution >= 0.6 is 11.6 Å². The molecule has 206 valence electrons. The Kier molecular flexibility index (Phi) is 6.93. The van der Waals surface area contributed by atoms with Crippen LogP contribution in [0.1, 0.15) is 38.7 Å². The van der Waals surface area contributed by atoms with Crippen molar-refractivity contribution in [2.24, 2.45) is 10.9 Å². The Hall–Kier alpha value is -2.88. The van der Waals surface area contributed by atoms with Gasteiger partial charge in [0.05, 0.1) is 10.6 Å². The zero-order valence-electron chi connectivity index (χ0n) is 22.4. The summed E-state index contributed by atoms with van der Waals surface area (Å²) in [6, 6.07) is 5.06. The Balaban J connectivity index is 1.53. The third-order valence-electron chi connectivity index (χ3n) is 8.36. The molecule has 4 aliphatic heterocycles. The minimum absolute atomic E-state index is 0.0927. The van der Waals surface area contributed by atoms with Gasteiger partial charge >= 0.3 is 6.03 Å². The number of nitrogens with zero attached hydrogens (tertiary/aromatic N) is 4. The average molecular weight is 557 g/mol. The van der Waals surface area contributed by atoms with E-state index in [1.54, 1.807) is 10.6 Å². The largest absolute Gasteiger partial charge is 0.547 e. The number of likely N-dealkylation sites (tertiary alicyclic amines) is 1. The average Bonchev–Trinajstić information content (AvgIpc) is 2.90. The number of hydrogen-bond donors (Lipinski definition) is 1. The van der Waals surface area contributed by atoms with Crippen LogP contribution in [0.2, 0.25) is 5.02 Å². The van der Waals surface area contributed by atoms with Crippen LogP contribution in [-0.2, 0) is 0 Å². The molecule has 7 nitrogen and oxygen atoms in total. The molecule has 2 amide bonds. The van der Waals surface area contributed by atoms with Gasteiger partial charge in [0.1, 0.15) is 24.0 Å². The number of rotatable bonds is 3. The maximum Gasteiger partial charge on any atom is 0.547 e. The molecule has 0 radical (unpaired) electrons. The molecule has 0 aromatic heterocycles. The molecule has 0 aliphatic carbocycles. The van der Waals surface area contributed by atoms with E-state index in [0.29, 0.717) is 47.3 Å². The monoisotopic (exact) mass is 556 g/mol. The lowest BCUT2D eigenvalue weighted by atomic mass is 9.90. The molecular weight excluding hydrogens is 524 g/mol. The number of halogens is 3. The molecule has 10 heteroatoms. The fourth-order valence-corrected chi connectivity index (χ4v) is 6.48. The van der Waals surface area contributed by atoms with Gasteiger partial charge in [0.25, 0.3) is 5.84 Å². The van der Waals surface area contributed by atoms with Gasteiger partial charge in [-0.25, -0.2) is 8.78 Å². The molecule has 2 saturated heterocycles.